The van der Waals surface area contributed by atoms with Gasteiger partial charge in [-0.1, -0.05) is 18.2 Å². The molecule has 0 spiro atoms. The molecule has 0 bridgehead atoms. The second-order valence-corrected chi connectivity index (χ2v) is 6.45. The van der Waals surface area contributed by atoms with Crippen LogP contribution in [0.15, 0.2) is 53.3 Å². The van der Waals surface area contributed by atoms with E-state index in [1.54, 1.807) is 23.1 Å². The number of amides is 1. The van der Waals surface area contributed by atoms with Gasteiger partial charge in [-0.25, -0.2) is 0 Å². The van der Waals surface area contributed by atoms with Gasteiger partial charge in [-0.3, -0.25) is 4.79 Å². The van der Waals surface area contributed by atoms with Gasteiger partial charge in [0.2, 0.25) is 5.91 Å². The van der Waals surface area contributed by atoms with Crippen molar-refractivity contribution in [3.63, 3.8) is 0 Å². The summed E-state index contributed by atoms with van der Waals surface area (Å²) in [7, 11) is 0. The molecule has 2 rings (SSSR count). The summed E-state index contributed by atoms with van der Waals surface area (Å²) in [5.41, 5.74) is 1.99. The zero-order valence-electron chi connectivity index (χ0n) is 11.9. The first kappa shape index (κ1) is 15.7. The minimum absolute atomic E-state index is 0.0448. The lowest BCUT2D eigenvalue weighted by molar-refractivity contribution is -0.114. The van der Waals surface area contributed by atoms with Gasteiger partial charge in [0.25, 0.3) is 0 Å². The number of benzene rings is 1. The summed E-state index contributed by atoms with van der Waals surface area (Å²) >= 11 is 3.39. The molecule has 0 saturated heterocycles. The highest BCUT2D eigenvalue weighted by Crippen LogP contribution is 2.29. The molecule has 0 saturated carbocycles. The number of hydrogen-bond acceptors (Lipinski definition) is 4. The van der Waals surface area contributed by atoms with Gasteiger partial charge in [0.1, 0.15) is 0 Å². The van der Waals surface area contributed by atoms with E-state index in [2.05, 4.69) is 29.3 Å². The molecule has 2 N–H and O–H groups in total. The molecule has 5 heteroatoms. The maximum absolute atomic E-state index is 11.2. The third-order valence-electron chi connectivity index (χ3n) is 2.74. The molecular weight excluding hydrogens is 300 g/mol. The average Bonchev–Trinajstić information content (AvgIpc) is 2.90. The fourth-order valence-electron chi connectivity index (χ4n) is 1.84. The number of carbonyl (C=O) groups is 1. The topological polar surface area (TPSA) is 41.1 Å². The number of hydrogen-bond donors (Lipinski definition) is 2. The second-order valence-electron chi connectivity index (χ2n) is 4.39. The van der Waals surface area contributed by atoms with Crippen LogP contribution in [0.3, 0.4) is 0 Å². The number of anilines is 2. The van der Waals surface area contributed by atoms with E-state index in [1.165, 1.54) is 11.8 Å². The van der Waals surface area contributed by atoms with Crippen molar-refractivity contribution in [2.45, 2.75) is 18.4 Å². The molecule has 0 aliphatic rings. The van der Waals surface area contributed by atoms with Crippen LogP contribution in [0.4, 0.5) is 11.4 Å². The Morgan fingerprint density at radius 2 is 2.14 bits per heavy atom. The highest BCUT2D eigenvalue weighted by atomic mass is 32.2. The van der Waals surface area contributed by atoms with Crippen LogP contribution >= 0.6 is 23.1 Å². The van der Waals surface area contributed by atoms with Gasteiger partial charge in [0.05, 0.1) is 12.2 Å². The van der Waals surface area contributed by atoms with E-state index in [4.69, 9.17) is 0 Å². The van der Waals surface area contributed by atoms with Gasteiger partial charge in [-0.05, 0) is 23.6 Å². The van der Waals surface area contributed by atoms with Crippen molar-refractivity contribution in [2.75, 3.05) is 16.4 Å². The number of carbonyl (C=O) groups excluding carboxylic acids is 1. The molecule has 1 amide bonds. The van der Waals surface area contributed by atoms with Gasteiger partial charge >= 0.3 is 0 Å². The third-order valence-corrected chi connectivity index (χ3v) is 4.73. The quantitative estimate of drug-likeness (QED) is 0.579. The average molecular weight is 318 g/mol. The normalized spacial score (nSPS) is 10.1. The molecule has 1 aromatic heterocycles. The van der Waals surface area contributed by atoms with E-state index < -0.39 is 0 Å². The Bertz CT molecular complexity index is 622. The molecule has 0 atom stereocenters. The number of rotatable bonds is 7. The van der Waals surface area contributed by atoms with Crippen molar-refractivity contribution in [1.29, 1.82) is 0 Å². The van der Waals surface area contributed by atoms with E-state index in [1.807, 2.05) is 29.7 Å². The summed E-state index contributed by atoms with van der Waals surface area (Å²) in [6.45, 7) is 5.97. The van der Waals surface area contributed by atoms with Crippen molar-refractivity contribution in [2.24, 2.45) is 0 Å². The summed E-state index contributed by atoms with van der Waals surface area (Å²) in [6.07, 6.45) is 1.90. The zero-order chi connectivity index (χ0) is 15.1. The van der Waals surface area contributed by atoms with E-state index in [-0.39, 0.29) is 5.91 Å². The number of nitrogens with one attached hydrogen (secondary N) is 2. The van der Waals surface area contributed by atoms with Crippen molar-refractivity contribution in [1.82, 2.24) is 0 Å². The van der Waals surface area contributed by atoms with Crippen molar-refractivity contribution in [3.8, 4) is 0 Å². The lowest BCUT2D eigenvalue weighted by atomic mass is 10.3. The Morgan fingerprint density at radius 1 is 1.33 bits per heavy atom. The first-order valence-electron chi connectivity index (χ1n) is 6.61. The van der Waals surface area contributed by atoms with Crippen molar-refractivity contribution < 1.29 is 4.79 Å². The molecule has 0 fully saturated rings. The third kappa shape index (κ3) is 4.65. The minimum atomic E-state index is -0.0448. The summed E-state index contributed by atoms with van der Waals surface area (Å²) in [5, 5.41) is 8.28. The Balaban J connectivity index is 2.04. The van der Waals surface area contributed by atoms with Crippen LogP contribution in [0.5, 0.6) is 0 Å². The van der Waals surface area contributed by atoms with Crippen molar-refractivity contribution >= 4 is 40.4 Å². The van der Waals surface area contributed by atoms with Gasteiger partial charge in [0, 0.05) is 28.1 Å². The van der Waals surface area contributed by atoms with E-state index in [9.17, 15) is 4.79 Å². The maximum atomic E-state index is 11.2. The molecule has 3 nitrogen and oxygen atoms in total. The SMILES string of the molecule is C=CCSc1ccccc1NCc1sccc1NC(C)=O. The zero-order valence-corrected chi connectivity index (χ0v) is 13.5. The lowest BCUT2D eigenvalue weighted by Gasteiger charge is -2.11. The van der Waals surface area contributed by atoms with Crippen LogP contribution in [-0.2, 0) is 11.3 Å². The Hall–Kier alpha value is -1.72. The van der Waals surface area contributed by atoms with Crippen molar-refractivity contribution in [3.05, 3.63) is 53.2 Å². The van der Waals surface area contributed by atoms with E-state index >= 15 is 0 Å². The molecular formula is C16H18N2OS2. The molecule has 2 aromatic rings. The predicted molar refractivity (Wildman–Crippen MR) is 93.3 cm³/mol. The van der Waals surface area contributed by atoms with Crippen LogP contribution < -0.4 is 10.6 Å². The first-order chi connectivity index (χ1) is 10.2. The van der Waals surface area contributed by atoms with Gasteiger partial charge in [-0.15, -0.1) is 29.7 Å². The Kier molecular flexibility index (Phi) is 5.90. The highest BCUT2D eigenvalue weighted by molar-refractivity contribution is 7.99. The number of thioether (sulfide) groups is 1. The van der Waals surface area contributed by atoms with E-state index in [0.717, 1.165) is 22.0 Å². The monoisotopic (exact) mass is 318 g/mol. The molecule has 0 aliphatic carbocycles. The fraction of sp³-hybridized carbons (Fsp3) is 0.188. The van der Waals surface area contributed by atoms with Gasteiger partial charge < -0.3 is 10.6 Å². The Morgan fingerprint density at radius 3 is 2.90 bits per heavy atom. The fourth-order valence-corrected chi connectivity index (χ4v) is 3.38. The Labute approximate surface area is 133 Å². The summed E-state index contributed by atoms with van der Waals surface area (Å²) in [5.74, 6) is 0.839. The van der Waals surface area contributed by atoms with Crippen LogP contribution in [-0.4, -0.2) is 11.7 Å². The summed E-state index contributed by atoms with van der Waals surface area (Å²) in [4.78, 5) is 13.5. The van der Waals surface area contributed by atoms with Crippen LogP contribution in [0.25, 0.3) is 0 Å². The summed E-state index contributed by atoms with van der Waals surface area (Å²) in [6, 6.07) is 10.1. The predicted octanol–water partition coefficient (Wildman–Crippen LogP) is 4.60. The van der Waals surface area contributed by atoms with Gasteiger partial charge in [0.15, 0.2) is 0 Å². The van der Waals surface area contributed by atoms with E-state index in [0.29, 0.717) is 6.54 Å². The molecule has 0 unspecified atom stereocenters. The molecule has 1 aromatic carbocycles. The summed E-state index contributed by atoms with van der Waals surface area (Å²) < 4.78 is 0. The highest BCUT2D eigenvalue weighted by Gasteiger charge is 2.07. The molecule has 1 heterocycles. The smallest absolute Gasteiger partial charge is 0.221 e. The van der Waals surface area contributed by atoms with Crippen LogP contribution in [0.1, 0.15) is 11.8 Å². The standard InChI is InChI=1S/C16H18N2OS2/c1-3-9-20-15-7-5-4-6-13(15)17-11-16-14(8-10-21-16)18-12(2)19/h3-8,10,17H,1,9,11H2,2H3,(H,18,19). The molecule has 0 radical (unpaired) electrons. The molecule has 0 aliphatic heterocycles. The molecule has 110 valence electrons. The number of para-hydroxylation sites is 1. The van der Waals surface area contributed by atoms with Crippen LogP contribution in [0, 0.1) is 0 Å². The molecule has 21 heavy (non-hydrogen) atoms. The van der Waals surface area contributed by atoms with Crippen LogP contribution in [0.2, 0.25) is 0 Å². The first-order valence-corrected chi connectivity index (χ1v) is 8.47. The largest absolute Gasteiger partial charge is 0.379 e. The second kappa shape index (κ2) is 7.90. The number of thiophene rings is 1. The minimum Gasteiger partial charge on any atom is -0.379 e. The maximum Gasteiger partial charge on any atom is 0.221 e. The van der Waals surface area contributed by atoms with Gasteiger partial charge in [-0.2, -0.15) is 0 Å². The lowest BCUT2D eigenvalue weighted by Crippen LogP contribution is -2.08.